The third-order valence-electron chi connectivity index (χ3n) is 4.39. The van der Waals surface area contributed by atoms with E-state index in [0.29, 0.717) is 17.3 Å². The lowest BCUT2D eigenvalue weighted by atomic mass is 10.1. The molecule has 0 spiro atoms. The number of rotatable bonds is 3. The zero-order chi connectivity index (χ0) is 17.3. The van der Waals surface area contributed by atoms with E-state index >= 15 is 0 Å². The largest absolute Gasteiger partial charge is 0.361 e. The van der Waals surface area contributed by atoms with Crippen molar-refractivity contribution in [2.45, 2.75) is 45.6 Å². The number of nitrogens with one attached hydrogen (secondary N) is 1. The molecule has 24 heavy (non-hydrogen) atoms. The fourth-order valence-electron chi connectivity index (χ4n) is 2.92. The van der Waals surface area contributed by atoms with Gasteiger partial charge in [-0.15, -0.1) is 0 Å². The molecule has 3 rings (SSSR count). The number of amides is 2. The van der Waals surface area contributed by atoms with E-state index in [1.165, 1.54) is 0 Å². The van der Waals surface area contributed by atoms with Gasteiger partial charge in [-0.25, -0.2) is 4.79 Å². The van der Waals surface area contributed by atoms with Crippen molar-refractivity contribution in [2.75, 3.05) is 11.9 Å². The van der Waals surface area contributed by atoms with Crippen LogP contribution in [-0.4, -0.2) is 22.6 Å². The van der Waals surface area contributed by atoms with Crippen molar-refractivity contribution in [2.24, 2.45) is 0 Å². The predicted molar refractivity (Wildman–Crippen MR) is 94.5 cm³/mol. The van der Waals surface area contributed by atoms with Gasteiger partial charge in [0.05, 0.1) is 6.04 Å². The van der Waals surface area contributed by atoms with Crippen LogP contribution in [0.25, 0.3) is 0 Å². The number of hydrogen-bond acceptors (Lipinski definition) is 3. The fourth-order valence-corrected chi connectivity index (χ4v) is 3.10. The molecule has 128 valence electrons. The van der Waals surface area contributed by atoms with E-state index in [1.54, 1.807) is 6.07 Å². The Morgan fingerprint density at radius 3 is 2.88 bits per heavy atom. The molecule has 1 saturated heterocycles. The molecule has 2 heterocycles. The number of hydrogen-bond donors (Lipinski definition) is 1. The quantitative estimate of drug-likeness (QED) is 0.837. The molecular weight excluding hydrogens is 326 g/mol. The molecule has 2 amide bonds. The smallest absolute Gasteiger partial charge is 0.322 e. The van der Waals surface area contributed by atoms with E-state index in [-0.39, 0.29) is 18.0 Å². The van der Waals surface area contributed by atoms with E-state index in [0.717, 1.165) is 29.9 Å². The highest BCUT2D eigenvalue weighted by atomic mass is 35.5. The van der Waals surface area contributed by atoms with Crippen molar-refractivity contribution in [3.8, 4) is 0 Å². The van der Waals surface area contributed by atoms with Gasteiger partial charge in [0, 0.05) is 29.2 Å². The number of nitrogens with zero attached hydrogens (tertiary/aromatic N) is 2. The van der Waals surface area contributed by atoms with Gasteiger partial charge in [0.2, 0.25) is 0 Å². The second-order valence-electron chi connectivity index (χ2n) is 6.55. The number of aromatic nitrogens is 1. The highest BCUT2D eigenvalue weighted by Gasteiger charge is 2.32. The van der Waals surface area contributed by atoms with Crippen molar-refractivity contribution in [3.05, 3.63) is 46.3 Å². The molecule has 1 aromatic heterocycles. The maximum absolute atomic E-state index is 12.6. The molecule has 0 radical (unpaired) electrons. The van der Waals surface area contributed by atoms with Crippen molar-refractivity contribution in [1.29, 1.82) is 0 Å². The number of urea groups is 1. The summed E-state index contributed by atoms with van der Waals surface area (Å²) in [6, 6.07) is 7.31. The first-order valence-electron chi connectivity index (χ1n) is 8.26. The molecule has 0 unspecified atom stereocenters. The van der Waals surface area contributed by atoms with E-state index in [1.807, 2.05) is 30.0 Å². The summed E-state index contributed by atoms with van der Waals surface area (Å²) in [5.74, 6) is 1.13. The number of carbonyl (C=O) groups is 1. The Morgan fingerprint density at radius 2 is 2.21 bits per heavy atom. The van der Waals surface area contributed by atoms with E-state index in [4.69, 9.17) is 16.1 Å². The van der Waals surface area contributed by atoms with Crippen LogP contribution in [0.5, 0.6) is 0 Å². The van der Waals surface area contributed by atoms with Crippen molar-refractivity contribution < 1.29 is 9.32 Å². The molecule has 1 aliphatic rings. The maximum atomic E-state index is 12.6. The lowest BCUT2D eigenvalue weighted by molar-refractivity contribution is 0.204. The Balaban J connectivity index is 1.74. The van der Waals surface area contributed by atoms with Gasteiger partial charge in [0.1, 0.15) is 11.5 Å². The summed E-state index contributed by atoms with van der Waals surface area (Å²) < 4.78 is 5.39. The first kappa shape index (κ1) is 16.8. The van der Waals surface area contributed by atoms with Gasteiger partial charge < -0.3 is 14.7 Å². The van der Waals surface area contributed by atoms with Gasteiger partial charge in [-0.1, -0.05) is 36.7 Å². The van der Waals surface area contributed by atoms with E-state index < -0.39 is 0 Å². The molecule has 5 nitrogen and oxygen atoms in total. The molecule has 1 aromatic carbocycles. The van der Waals surface area contributed by atoms with Crippen LogP contribution < -0.4 is 5.32 Å². The summed E-state index contributed by atoms with van der Waals surface area (Å²) in [5.41, 5.74) is 2.51. The number of carbonyl (C=O) groups excluding carboxylic acids is 1. The maximum Gasteiger partial charge on any atom is 0.322 e. The Bertz CT molecular complexity index is 742. The Hall–Kier alpha value is -2.01. The van der Waals surface area contributed by atoms with Gasteiger partial charge in [-0.2, -0.15) is 0 Å². The first-order valence-corrected chi connectivity index (χ1v) is 8.64. The molecule has 1 fully saturated rings. The summed E-state index contributed by atoms with van der Waals surface area (Å²) in [7, 11) is 0. The van der Waals surface area contributed by atoms with E-state index in [9.17, 15) is 4.79 Å². The SMILES string of the molecule is Cc1ccc(NC(=O)N2CCC[C@@H]2c2cc(C(C)C)on2)cc1Cl. The molecule has 2 aromatic rings. The fraction of sp³-hybridized carbons (Fsp3) is 0.444. The Kier molecular flexibility index (Phi) is 4.81. The normalized spacial score (nSPS) is 17.5. The summed E-state index contributed by atoms with van der Waals surface area (Å²) in [6.45, 7) is 6.76. The van der Waals surface area contributed by atoms with Crippen LogP contribution in [0.4, 0.5) is 10.5 Å². The number of benzene rings is 1. The molecule has 0 bridgehead atoms. The van der Waals surface area contributed by atoms with Crippen LogP contribution in [0.1, 0.15) is 55.7 Å². The topological polar surface area (TPSA) is 58.4 Å². The lowest BCUT2D eigenvalue weighted by Gasteiger charge is -2.23. The minimum atomic E-state index is -0.133. The van der Waals surface area contributed by atoms with Crippen LogP contribution in [0.2, 0.25) is 5.02 Å². The monoisotopic (exact) mass is 347 g/mol. The van der Waals surface area contributed by atoms with Gasteiger partial charge in [-0.3, -0.25) is 0 Å². The molecule has 0 aliphatic carbocycles. The van der Waals surface area contributed by atoms with Crippen LogP contribution in [-0.2, 0) is 0 Å². The Labute approximate surface area is 147 Å². The minimum Gasteiger partial charge on any atom is -0.361 e. The summed E-state index contributed by atoms with van der Waals surface area (Å²) in [6.07, 6.45) is 1.85. The standard InChI is InChI=1S/C18H22ClN3O2/c1-11(2)17-10-15(21-24-17)16-5-4-8-22(16)18(23)20-13-7-6-12(3)14(19)9-13/h6-7,9-11,16H,4-5,8H2,1-3H3,(H,20,23)/t16-/m1/s1. The molecule has 6 heteroatoms. The minimum absolute atomic E-state index is 0.0397. The predicted octanol–water partition coefficient (Wildman–Crippen LogP) is 5.13. The molecule has 1 atom stereocenters. The van der Waals surface area contributed by atoms with Gasteiger partial charge in [0.25, 0.3) is 0 Å². The summed E-state index contributed by atoms with van der Waals surface area (Å²) >= 11 is 6.13. The van der Waals surface area contributed by atoms with Gasteiger partial charge >= 0.3 is 6.03 Å². The molecular formula is C18H22ClN3O2. The molecule has 1 N–H and O–H groups in total. The molecule has 0 saturated carbocycles. The average molecular weight is 348 g/mol. The third-order valence-corrected chi connectivity index (χ3v) is 4.80. The van der Waals surface area contributed by atoms with Crippen molar-refractivity contribution in [1.82, 2.24) is 10.1 Å². The number of halogens is 1. The van der Waals surface area contributed by atoms with Gasteiger partial charge in [-0.05, 0) is 37.5 Å². The highest BCUT2D eigenvalue weighted by molar-refractivity contribution is 6.31. The van der Waals surface area contributed by atoms with Crippen LogP contribution in [0.15, 0.2) is 28.8 Å². The third kappa shape index (κ3) is 3.41. The first-order chi connectivity index (χ1) is 11.5. The number of anilines is 1. The number of likely N-dealkylation sites (tertiary alicyclic amines) is 1. The lowest BCUT2D eigenvalue weighted by Crippen LogP contribution is -2.34. The average Bonchev–Trinajstić information content (AvgIpc) is 3.18. The Morgan fingerprint density at radius 1 is 1.42 bits per heavy atom. The summed E-state index contributed by atoms with van der Waals surface area (Å²) in [4.78, 5) is 14.5. The molecule has 1 aliphatic heterocycles. The van der Waals surface area contributed by atoms with Crippen LogP contribution in [0, 0.1) is 6.92 Å². The van der Waals surface area contributed by atoms with Gasteiger partial charge in [0.15, 0.2) is 0 Å². The highest BCUT2D eigenvalue weighted by Crippen LogP contribution is 2.33. The second kappa shape index (κ2) is 6.85. The van der Waals surface area contributed by atoms with E-state index in [2.05, 4.69) is 24.3 Å². The zero-order valence-electron chi connectivity index (χ0n) is 14.2. The van der Waals surface area contributed by atoms with Crippen molar-refractivity contribution >= 4 is 23.3 Å². The van der Waals surface area contributed by atoms with Crippen molar-refractivity contribution in [3.63, 3.8) is 0 Å². The van der Waals surface area contributed by atoms with Crippen LogP contribution >= 0.6 is 11.6 Å². The summed E-state index contributed by atoms with van der Waals surface area (Å²) in [5, 5.41) is 7.73. The van der Waals surface area contributed by atoms with Crippen LogP contribution in [0.3, 0.4) is 0 Å². The zero-order valence-corrected chi connectivity index (χ0v) is 14.9. The second-order valence-corrected chi connectivity index (χ2v) is 6.96. The number of aryl methyl sites for hydroxylation is 1.